The predicted molar refractivity (Wildman–Crippen MR) is 106 cm³/mol. The van der Waals surface area contributed by atoms with Crippen molar-refractivity contribution in [3.05, 3.63) is 54.1 Å². The molecule has 3 aromatic rings. The maximum atomic E-state index is 12.8. The van der Waals surface area contributed by atoms with E-state index in [0.29, 0.717) is 23.2 Å². The fourth-order valence-electron chi connectivity index (χ4n) is 2.99. The molecule has 0 amide bonds. The number of fused-ring (bicyclic) bond motifs is 1. The minimum atomic E-state index is -3.94. The third kappa shape index (κ3) is 4.29. The Hall–Kier alpha value is -3.22. The number of hydrogen-bond acceptors (Lipinski definition) is 7. The van der Waals surface area contributed by atoms with Crippen molar-refractivity contribution in [2.75, 3.05) is 17.9 Å². The molecule has 1 saturated heterocycles. The Morgan fingerprint density at radius 1 is 1.14 bits per heavy atom. The van der Waals surface area contributed by atoms with Gasteiger partial charge in [0.1, 0.15) is 6.61 Å². The first-order chi connectivity index (χ1) is 14.0. The van der Waals surface area contributed by atoms with E-state index in [1.54, 1.807) is 18.2 Å². The van der Waals surface area contributed by atoms with Crippen LogP contribution in [0.4, 0.5) is 5.82 Å². The van der Waals surface area contributed by atoms with E-state index in [-0.39, 0.29) is 29.3 Å². The number of benzene rings is 2. The van der Waals surface area contributed by atoms with Crippen LogP contribution >= 0.6 is 0 Å². The van der Waals surface area contributed by atoms with Crippen LogP contribution in [0.5, 0.6) is 5.88 Å². The van der Waals surface area contributed by atoms with Gasteiger partial charge in [0.25, 0.3) is 15.9 Å². The van der Waals surface area contributed by atoms with Crippen molar-refractivity contribution >= 4 is 26.9 Å². The molecule has 29 heavy (non-hydrogen) atoms. The van der Waals surface area contributed by atoms with Crippen molar-refractivity contribution in [3.8, 4) is 11.9 Å². The number of nitrogens with zero attached hydrogens (tertiary/aromatic N) is 3. The smallest absolute Gasteiger partial charge is 0.263 e. The molecular formula is C20H18N4O4S. The number of nitriles is 1. The van der Waals surface area contributed by atoms with E-state index in [4.69, 9.17) is 14.7 Å². The van der Waals surface area contributed by atoms with Crippen LogP contribution in [0.1, 0.15) is 18.4 Å². The molecule has 0 spiro atoms. The summed E-state index contributed by atoms with van der Waals surface area (Å²) in [5.74, 6) is 0.0995. The van der Waals surface area contributed by atoms with Crippen molar-refractivity contribution in [2.24, 2.45) is 0 Å². The van der Waals surface area contributed by atoms with Gasteiger partial charge in [-0.15, -0.1) is 0 Å². The first-order valence-electron chi connectivity index (χ1n) is 9.09. The van der Waals surface area contributed by atoms with Crippen LogP contribution in [-0.2, 0) is 14.8 Å². The molecule has 0 saturated carbocycles. The highest BCUT2D eigenvalue weighted by atomic mass is 32.2. The zero-order chi connectivity index (χ0) is 20.3. The first-order valence-corrected chi connectivity index (χ1v) is 10.6. The Balaban J connectivity index is 1.66. The fourth-order valence-corrected chi connectivity index (χ4v) is 3.99. The molecule has 1 aliphatic rings. The maximum Gasteiger partial charge on any atom is 0.263 e. The van der Waals surface area contributed by atoms with E-state index in [9.17, 15) is 8.42 Å². The monoisotopic (exact) mass is 410 g/mol. The minimum absolute atomic E-state index is 0.00561. The van der Waals surface area contributed by atoms with Crippen LogP contribution in [0.3, 0.4) is 0 Å². The molecule has 4 rings (SSSR count). The number of nitrogens with one attached hydrogen (secondary N) is 1. The van der Waals surface area contributed by atoms with E-state index in [1.165, 1.54) is 24.3 Å². The molecule has 148 valence electrons. The van der Waals surface area contributed by atoms with Crippen molar-refractivity contribution in [3.63, 3.8) is 0 Å². The Kier molecular flexibility index (Phi) is 5.29. The zero-order valence-electron chi connectivity index (χ0n) is 15.4. The van der Waals surface area contributed by atoms with Crippen molar-refractivity contribution in [2.45, 2.75) is 23.8 Å². The first kappa shape index (κ1) is 19.1. The van der Waals surface area contributed by atoms with E-state index < -0.39 is 10.0 Å². The topological polar surface area (TPSA) is 114 Å². The van der Waals surface area contributed by atoms with Gasteiger partial charge in [0.15, 0.2) is 0 Å². The summed E-state index contributed by atoms with van der Waals surface area (Å²) >= 11 is 0. The van der Waals surface area contributed by atoms with Gasteiger partial charge in [0, 0.05) is 6.61 Å². The molecule has 0 bridgehead atoms. The summed E-state index contributed by atoms with van der Waals surface area (Å²) < 4.78 is 39.4. The lowest BCUT2D eigenvalue weighted by molar-refractivity contribution is 0.0666. The maximum absolute atomic E-state index is 12.8. The molecule has 9 heteroatoms. The van der Waals surface area contributed by atoms with Crippen LogP contribution < -0.4 is 9.46 Å². The second kappa shape index (κ2) is 8.03. The Bertz CT molecular complexity index is 1170. The Morgan fingerprint density at radius 3 is 2.52 bits per heavy atom. The van der Waals surface area contributed by atoms with Crippen molar-refractivity contribution in [1.29, 1.82) is 5.26 Å². The van der Waals surface area contributed by atoms with Crippen LogP contribution in [0.25, 0.3) is 11.0 Å². The quantitative estimate of drug-likeness (QED) is 0.664. The van der Waals surface area contributed by atoms with Gasteiger partial charge in [-0.3, -0.25) is 4.72 Å². The van der Waals surface area contributed by atoms with E-state index in [2.05, 4.69) is 14.7 Å². The summed E-state index contributed by atoms with van der Waals surface area (Å²) in [5.41, 5.74) is 1.50. The number of rotatable bonds is 6. The van der Waals surface area contributed by atoms with Gasteiger partial charge < -0.3 is 9.47 Å². The summed E-state index contributed by atoms with van der Waals surface area (Å²) in [6.45, 7) is 0.953. The summed E-state index contributed by atoms with van der Waals surface area (Å²) in [6, 6.07) is 14.7. The normalized spacial score (nSPS) is 16.4. The Morgan fingerprint density at radius 2 is 1.86 bits per heavy atom. The molecule has 0 radical (unpaired) electrons. The minimum Gasteiger partial charge on any atom is -0.472 e. The molecule has 1 aliphatic heterocycles. The largest absolute Gasteiger partial charge is 0.472 e. The zero-order valence-corrected chi connectivity index (χ0v) is 16.2. The fraction of sp³-hybridized carbons (Fsp3) is 0.250. The molecule has 1 N–H and O–H groups in total. The summed E-state index contributed by atoms with van der Waals surface area (Å²) in [6.07, 6.45) is 1.80. The van der Waals surface area contributed by atoms with Crippen LogP contribution in [-0.4, -0.2) is 37.7 Å². The number of ether oxygens (including phenoxy) is 2. The van der Waals surface area contributed by atoms with Crippen molar-refractivity contribution < 1.29 is 17.9 Å². The standard InChI is InChI=1S/C20H18N4O4S/c21-12-14-7-9-16(10-8-14)29(25,26)24-19-20(28-13-15-4-3-11-27-15)23-18-6-2-1-5-17(18)22-19/h1-2,5-10,15H,3-4,11,13H2,(H,22,24). The van der Waals surface area contributed by atoms with Gasteiger partial charge in [0.05, 0.1) is 33.7 Å². The van der Waals surface area contributed by atoms with Gasteiger partial charge in [-0.2, -0.15) is 5.26 Å². The van der Waals surface area contributed by atoms with Gasteiger partial charge in [0.2, 0.25) is 5.82 Å². The third-order valence-electron chi connectivity index (χ3n) is 4.49. The van der Waals surface area contributed by atoms with Gasteiger partial charge >= 0.3 is 0 Å². The second-order valence-corrected chi connectivity index (χ2v) is 8.24. The lowest BCUT2D eigenvalue weighted by Gasteiger charge is -2.15. The van der Waals surface area contributed by atoms with Gasteiger partial charge in [-0.25, -0.2) is 18.4 Å². The molecule has 1 unspecified atom stereocenters. The summed E-state index contributed by atoms with van der Waals surface area (Å²) in [4.78, 5) is 8.84. The molecule has 0 aliphatic carbocycles. The van der Waals surface area contributed by atoms with Crippen LogP contribution in [0.2, 0.25) is 0 Å². The number of para-hydroxylation sites is 2. The number of anilines is 1. The number of hydrogen-bond donors (Lipinski definition) is 1. The molecule has 2 heterocycles. The number of aromatic nitrogens is 2. The highest BCUT2D eigenvalue weighted by Crippen LogP contribution is 2.27. The molecular weight excluding hydrogens is 392 g/mol. The summed E-state index contributed by atoms with van der Waals surface area (Å²) in [7, 11) is -3.94. The molecule has 1 aromatic heterocycles. The van der Waals surface area contributed by atoms with Gasteiger partial charge in [-0.05, 0) is 49.2 Å². The molecule has 1 atom stereocenters. The molecule has 1 fully saturated rings. The number of sulfonamides is 1. The highest BCUT2D eigenvalue weighted by molar-refractivity contribution is 7.92. The van der Waals surface area contributed by atoms with E-state index in [0.717, 1.165) is 12.8 Å². The SMILES string of the molecule is N#Cc1ccc(S(=O)(=O)Nc2nc3ccccc3nc2OCC2CCCO2)cc1. The Labute approximate surface area is 168 Å². The molecule has 8 nitrogen and oxygen atoms in total. The van der Waals surface area contributed by atoms with Gasteiger partial charge in [-0.1, -0.05) is 12.1 Å². The third-order valence-corrected chi connectivity index (χ3v) is 5.85. The average molecular weight is 410 g/mol. The van der Waals surface area contributed by atoms with Crippen LogP contribution in [0, 0.1) is 11.3 Å². The van der Waals surface area contributed by atoms with E-state index >= 15 is 0 Å². The van der Waals surface area contributed by atoms with E-state index in [1.807, 2.05) is 12.1 Å². The predicted octanol–water partition coefficient (Wildman–Crippen LogP) is 2.86. The van der Waals surface area contributed by atoms with Crippen molar-refractivity contribution in [1.82, 2.24) is 9.97 Å². The average Bonchev–Trinajstić information content (AvgIpc) is 3.25. The highest BCUT2D eigenvalue weighted by Gasteiger charge is 2.22. The second-order valence-electron chi connectivity index (χ2n) is 6.55. The summed E-state index contributed by atoms with van der Waals surface area (Å²) in [5, 5.41) is 8.89. The lowest BCUT2D eigenvalue weighted by Crippen LogP contribution is -2.19. The van der Waals surface area contributed by atoms with Crippen LogP contribution in [0.15, 0.2) is 53.4 Å². The lowest BCUT2D eigenvalue weighted by atomic mass is 10.2. The molecule has 2 aromatic carbocycles.